The Kier molecular flexibility index (Phi) is 2.14. The van der Waals surface area contributed by atoms with E-state index in [0.29, 0.717) is 0 Å². The van der Waals surface area contributed by atoms with Crippen LogP contribution in [-0.2, 0) is 0 Å². The number of alkyl halides is 1. The molecule has 0 aliphatic heterocycles. The third-order valence-electron chi connectivity index (χ3n) is 1.74. The van der Waals surface area contributed by atoms with E-state index in [4.69, 9.17) is 11.6 Å². The molecule has 0 spiro atoms. The number of aliphatic hydroxyl groups excluding tert-OH is 1. The van der Waals surface area contributed by atoms with Gasteiger partial charge >= 0.3 is 0 Å². The van der Waals surface area contributed by atoms with Crippen LogP contribution in [0.2, 0.25) is 0 Å². The molecule has 52 valence electrons. The Morgan fingerprint density at radius 3 is 2.78 bits per heavy atom. The van der Waals surface area contributed by atoms with Crippen molar-refractivity contribution in [3.05, 3.63) is 12.2 Å². The lowest BCUT2D eigenvalue weighted by Crippen LogP contribution is -2.26. The minimum Gasteiger partial charge on any atom is -0.387 e. The molecule has 0 aromatic heterocycles. The fourth-order valence-corrected chi connectivity index (χ4v) is 1.42. The molecule has 0 aromatic rings. The van der Waals surface area contributed by atoms with E-state index in [2.05, 4.69) is 6.58 Å². The van der Waals surface area contributed by atoms with Gasteiger partial charge in [0, 0.05) is 0 Å². The maximum absolute atomic E-state index is 9.21. The highest BCUT2D eigenvalue weighted by Crippen LogP contribution is 2.26. The van der Waals surface area contributed by atoms with Crippen LogP contribution in [0, 0.1) is 0 Å². The van der Waals surface area contributed by atoms with Gasteiger partial charge in [0.15, 0.2) is 0 Å². The van der Waals surface area contributed by atoms with Crippen LogP contribution in [0.3, 0.4) is 0 Å². The van der Waals surface area contributed by atoms with Gasteiger partial charge in [-0.2, -0.15) is 0 Å². The predicted octanol–water partition coefficient (Wildman–Crippen LogP) is 1.69. The molecule has 1 N–H and O–H groups in total. The molecule has 1 aliphatic rings. The first-order valence-corrected chi connectivity index (χ1v) is 3.65. The fraction of sp³-hybridized carbons (Fsp3) is 0.714. The fourth-order valence-electron chi connectivity index (χ4n) is 1.09. The van der Waals surface area contributed by atoms with Crippen molar-refractivity contribution >= 4 is 11.6 Å². The smallest absolute Gasteiger partial charge is 0.0911 e. The standard InChI is InChI=1S/C7H11ClO/c1-5-3-2-4-6(8)7(5)9/h6-7,9H,1-4H2. The molecular formula is C7H11ClO. The molecule has 1 rings (SSSR count). The molecule has 0 amide bonds. The van der Waals surface area contributed by atoms with Crippen molar-refractivity contribution in [2.75, 3.05) is 0 Å². The van der Waals surface area contributed by atoms with Crippen molar-refractivity contribution in [3.8, 4) is 0 Å². The van der Waals surface area contributed by atoms with E-state index in [1.54, 1.807) is 0 Å². The summed E-state index contributed by atoms with van der Waals surface area (Å²) >= 11 is 5.75. The van der Waals surface area contributed by atoms with Crippen LogP contribution < -0.4 is 0 Å². The molecule has 0 aromatic carbocycles. The summed E-state index contributed by atoms with van der Waals surface area (Å²) in [6.45, 7) is 3.71. The van der Waals surface area contributed by atoms with Crippen molar-refractivity contribution in [2.24, 2.45) is 0 Å². The summed E-state index contributed by atoms with van der Waals surface area (Å²) in [5.41, 5.74) is 0.890. The topological polar surface area (TPSA) is 20.2 Å². The van der Waals surface area contributed by atoms with Crippen LogP contribution in [0.15, 0.2) is 12.2 Å². The molecule has 0 saturated heterocycles. The quantitative estimate of drug-likeness (QED) is 0.408. The summed E-state index contributed by atoms with van der Waals surface area (Å²) < 4.78 is 0. The number of rotatable bonds is 0. The Morgan fingerprint density at radius 2 is 2.33 bits per heavy atom. The first kappa shape index (κ1) is 7.10. The zero-order valence-corrected chi connectivity index (χ0v) is 6.06. The van der Waals surface area contributed by atoms with Crippen molar-refractivity contribution in [3.63, 3.8) is 0 Å². The van der Waals surface area contributed by atoms with Gasteiger partial charge in [0.2, 0.25) is 0 Å². The molecule has 1 nitrogen and oxygen atoms in total. The van der Waals surface area contributed by atoms with Crippen LogP contribution in [0.5, 0.6) is 0 Å². The molecule has 0 heterocycles. The van der Waals surface area contributed by atoms with Gasteiger partial charge in [-0.15, -0.1) is 11.6 Å². The zero-order valence-electron chi connectivity index (χ0n) is 5.31. The SMILES string of the molecule is C=C1CCCC(Cl)C1O. The van der Waals surface area contributed by atoms with Gasteiger partial charge in [-0.05, 0) is 24.8 Å². The average Bonchev–Trinajstić information content (AvgIpc) is 1.83. The van der Waals surface area contributed by atoms with E-state index in [1.807, 2.05) is 0 Å². The molecule has 0 bridgehead atoms. The normalized spacial score (nSPS) is 36.9. The minimum absolute atomic E-state index is 0.0914. The highest BCUT2D eigenvalue weighted by Gasteiger charge is 2.23. The third-order valence-corrected chi connectivity index (χ3v) is 2.20. The Balaban J connectivity index is 2.51. The average molecular weight is 147 g/mol. The largest absolute Gasteiger partial charge is 0.387 e. The van der Waals surface area contributed by atoms with E-state index in [1.165, 1.54) is 0 Å². The Morgan fingerprint density at radius 1 is 1.67 bits per heavy atom. The molecule has 2 unspecified atom stereocenters. The lowest BCUT2D eigenvalue weighted by Gasteiger charge is -2.24. The van der Waals surface area contributed by atoms with Crippen LogP contribution in [0.4, 0.5) is 0 Å². The number of hydrogen-bond acceptors (Lipinski definition) is 1. The van der Waals surface area contributed by atoms with Crippen molar-refractivity contribution in [2.45, 2.75) is 30.7 Å². The summed E-state index contributed by atoms with van der Waals surface area (Å²) in [4.78, 5) is 0. The molecule has 2 heteroatoms. The minimum atomic E-state index is -0.458. The van der Waals surface area contributed by atoms with Gasteiger partial charge in [0.05, 0.1) is 11.5 Å². The summed E-state index contributed by atoms with van der Waals surface area (Å²) in [5.74, 6) is 0. The van der Waals surface area contributed by atoms with E-state index >= 15 is 0 Å². The monoisotopic (exact) mass is 146 g/mol. The van der Waals surface area contributed by atoms with Gasteiger partial charge in [-0.25, -0.2) is 0 Å². The first-order chi connectivity index (χ1) is 4.22. The van der Waals surface area contributed by atoms with Crippen LogP contribution in [-0.4, -0.2) is 16.6 Å². The second-order valence-corrected chi connectivity index (χ2v) is 3.07. The highest BCUT2D eigenvalue weighted by molar-refractivity contribution is 6.21. The Labute approximate surface area is 60.3 Å². The van der Waals surface area contributed by atoms with Gasteiger partial charge < -0.3 is 5.11 Å². The van der Waals surface area contributed by atoms with Crippen molar-refractivity contribution in [1.82, 2.24) is 0 Å². The molecule has 1 aliphatic carbocycles. The van der Waals surface area contributed by atoms with Crippen molar-refractivity contribution in [1.29, 1.82) is 0 Å². The van der Waals surface area contributed by atoms with E-state index in [-0.39, 0.29) is 5.38 Å². The second kappa shape index (κ2) is 2.72. The molecule has 2 atom stereocenters. The lowest BCUT2D eigenvalue weighted by molar-refractivity contribution is 0.183. The van der Waals surface area contributed by atoms with Gasteiger partial charge in [0.25, 0.3) is 0 Å². The Hall–Kier alpha value is -0.0100. The summed E-state index contributed by atoms with van der Waals surface area (Å²) in [7, 11) is 0. The van der Waals surface area contributed by atoms with Crippen LogP contribution >= 0.6 is 11.6 Å². The number of hydrogen-bond donors (Lipinski definition) is 1. The molecule has 1 saturated carbocycles. The highest BCUT2D eigenvalue weighted by atomic mass is 35.5. The predicted molar refractivity (Wildman–Crippen MR) is 38.6 cm³/mol. The molecule has 0 radical (unpaired) electrons. The number of aliphatic hydroxyl groups is 1. The second-order valence-electron chi connectivity index (χ2n) is 2.51. The lowest BCUT2D eigenvalue weighted by atomic mass is 9.93. The van der Waals surface area contributed by atoms with Crippen LogP contribution in [0.1, 0.15) is 19.3 Å². The van der Waals surface area contributed by atoms with Crippen LogP contribution in [0.25, 0.3) is 0 Å². The molecule has 1 fully saturated rings. The zero-order chi connectivity index (χ0) is 6.85. The van der Waals surface area contributed by atoms with E-state index in [0.717, 1.165) is 24.8 Å². The van der Waals surface area contributed by atoms with E-state index < -0.39 is 6.10 Å². The van der Waals surface area contributed by atoms with Gasteiger partial charge in [0.1, 0.15) is 0 Å². The number of halogens is 1. The van der Waals surface area contributed by atoms with Gasteiger partial charge in [-0.3, -0.25) is 0 Å². The summed E-state index contributed by atoms with van der Waals surface area (Å²) in [5, 5.41) is 9.12. The maximum Gasteiger partial charge on any atom is 0.0911 e. The first-order valence-electron chi connectivity index (χ1n) is 3.21. The summed E-state index contributed by atoms with van der Waals surface area (Å²) in [6.07, 6.45) is 2.47. The van der Waals surface area contributed by atoms with E-state index in [9.17, 15) is 5.11 Å². The van der Waals surface area contributed by atoms with Crippen molar-refractivity contribution < 1.29 is 5.11 Å². The Bertz CT molecular complexity index is 122. The maximum atomic E-state index is 9.21. The molecular weight excluding hydrogens is 136 g/mol. The van der Waals surface area contributed by atoms with Gasteiger partial charge in [-0.1, -0.05) is 6.58 Å². The summed E-state index contributed by atoms with van der Waals surface area (Å²) in [6, 6.07) is 0. The molecule has 9 heavy (non-hydrogen) atoms. The third kappa shape index (κ3) is 1.46.